The summed E-state index contributed by atoms with van der Waals surface area (Å²) < 4.78 is 15.3. The molecule has 18 heavy (non-hydrogen) atoms. The van der Waals surface area contributed by atoms with Crippen molar-refractivity contribution in [3.8, 4) is 11.4 Å². The van der Waals surface area contributed by atoms with Crippen molar-refractivity contribution in [1.29, 1.82) is 0 Å². The lowest BCUT2D eigenvalue weighted by molar-refractivity contribution is 0.606. The molecule has 0 atom stereocenters. The van der Waals surface area contributed by atoms with E-state index in [1.54, 1.807) is 6.92 Å². The van der Waals surface area contributed by atoms with E-state index in [2.05, 4.69) is 47.3 Å². The van der Waals surface area contributed by atoms with Crippen LogP contribution in [0.2, 0.25) is 0 Å². The molecule has 0 unspecified atom stereocenters. The van der Waals surface area contributed by atoms with Gasteiger partial charge in [0.05, 0.1) is 5.69 Å². The predicted octanol–water partition coefficient (Wildman–Crippen LogP) is 3.40. The average Bonchev–Trinajstić information content (AvgIpc) is 2.36. The standard InChI is InChI=1S/C11H9Br2FN4/c1-5-9(14)11(18-15)17-10(16-5)6-2-3-7(12)8(13)4-6/h2-4H,15H2,1H3,(H,16,17,18). The summed E-state index contributed by atoms with van der Waals surface area (Å²) in [7, 11) is 0. The van der Waals surface area contributed by atoms with Crippen LogP contribution in [-0.4, -0.2) is 9.97 Å². The summed E-state index contributed by atoms with van der Waals surface area (Å²) in [5, 5.41) is 0. The molecule has 0 aliphatic carbocycles. The van der Waals surface area contributed by atoms with Gasteiger partial charge in [0.15, 0.2) is 17.5 Å². The highest BCUT2D eigenvalue weighted by molar-refractivity contribution is 9.13. The Morgan fingerprint density at radius 1 is 1.22 bits per heavy atom. The van der Waals surface area contributed by atoms with E-state index in [0.29, 0.717) is 5.82 Å². The minimum absolute atomic E-state index is 0.0171. The number of hydrogen-bond acceptors (Lipinski definition) is 4. The highest BCUT2D eigenvalue weighted by atomic mass is 79.9. The van der Waals surface area contributed by atoms with Gasteiger partial charge in [-0.2, -0.15) is 0 Å². The Labute approximate surface area is 120 Å². The van der Waals surface area contributed by atoms with Crippen molar-refractivity contribution in [3.05, 3.63) is 38.7 Å². The molecule has 0 saturated carbocycles. The first kappa shape index (κ1) is 13.4. The summed E-state index contributed by atoms with van der Waals surface area (Å²) >= 11 is 6.77. The monoisotopic (exact) mass is 374 g/mol. The van der Waals surface area contributed by atoms with Crippen LogP contribution in [0.1, 0.15) is 5.69 Å². The quantitative estimate of drug-likeness (QED) is 0.623. The number of aryl methyl sites for hydroxylation is 1. The Morgan fingerprint density at radius 2 is 1.94 bits per heavy atom. The molecule has 4 nitrogen and oxygen atoms in total. The molecule has 94 valence electrons. The maximum absolute atomic E-state index is 13.6. The van der Waals surface area contributed by atoms with Crippen molar-refractivity contribution < 1.29 is 4.39 Å². The molecule has 3 N–H and O–H groups in total. The number of nitrogens with zero attached hydrogens (tertiary/aromatic N) is 2. The number of nitrogens with two attached hydrogens (primary N) is 1. The first-order valence-electron chi connectivity index (χ1n) is 4.99. The number of benzene rings is 1. The van der Waals surface area contributed by atoms with E-state index in [1.807, 2.05) is 18.2 Å². The van der Waals surface area contributed by atoms with Gasteiger partial charge >= 0.3 is 0 Å². The van der Waals surface area contributed by atoms with Crippen LogP contribution in [0.15, 0.2) is 27.1 Å². The number of aromatic nitrogens is 2. The maximum atomic E-state index is 13.6. The Hall–Kier alpha value is -1.05. The fourth-order valence-electron chi connectivity index (χ4n) is 1.42. The zero-order valence-electron chi connectivity index (χ0n) is 9.34. The summed E-state index contributed by atoms with van der Waals surface area (Å²) in [4.78, 5) is 8.14. The van der Waals surface area contributed by atoms with Crippen molar-refractivity contribution in [3.63, 3.8) is 0 Å². The summed E-state index contributed by atoms with van der Waals surface area (Å²) in [6.07, 6.45) is 0. The number of nitrogens with one attached hydrogen (secondary N) is 1. The molecular weight excluding hydrogens is 367 g/mol. The second-order valence-corrected chi connectivity index (χ2v) is 5.28. The number of rotatable bonds is 2. The summed E-state index contributed by atoms with van der Waals surface area (Å²) in [5.74, 6) is 5.07. The summed E-state index contributed by atoms with van der Waals surface area (Å²) in [5.41, 5.74) is 3.24. The molecule has 0 aliphatic rings. The average molecular weight is 376 g/mol. The van der Waals surface area contributed by atoms with Crippen LogP contribution >= 0.6 is 31.9 Å². The Morgan fingerprint density at radius 3 is 2.56 bits per heavy atom. The van der Waals surface area contributed by atoms with Crippen molar-refractivity contribution in [2.75, 3.05) is 5.43 Å². The summed E-state index contributed by atoms with van der Waals surface area (Å²) in [6.45, 7) is 1.56. The van der Waals surface area contributed by atoms with Gasteiger partial charge in [0.1, 0.15) is 0 Å². The fourth-order valence-corrected chi connectivity index (χ4v) is 2.04. The zero-order valence-corrected chi connectivity index (χ0v) is 12.5. The molecule has 0 saturated heterocycles. The molecule has 0 fully saturated rings. The fraction of sp³-hybridized carbons (Fsp3) is 0.0909. The van der Waals surface area contributed by atoms with E-state index in [-0.39, 0.29) is 11.5 Å². The van der Waals surface area contributed by atoms with Crippen molar-refractivity contribution >= 4 is 37.7 Å². The van der Waals surface area contributed by atoms with Crippen LogP contribution in [0.3, 0.4) is 0 Å². The molecule has 1 aromatic carbocycles. The first-order valence-corrected chi connectivity index (χ1v) is 6.57. The third kappa shape index (κ3) is 2.52. The predicted molar refractivity (Wildman–Crippen MR) is 75.4 cm³/mol. The van der Waals surface area contributed by atoms with E-state index in [9.17, 15) is 4.39 Å². The normalized spacial score (nSPS) is 10.5. The third-order valence-corrected chi connectivity index (χ3v) is 4.21. The van der Waals surface area contributed by atoms with Gasteiger partial charge in [-0.3, -0.25) is 0 Å². The smallest absolute Gasteiger partial charge is 0.187 e. The lowest BCUT2D eigenvalue weighted by Crippen LogP contribution is -2.13. The summed E-state index contributed by atoms with van der Waals surface area (Å²) in [6, 6.07) is 5.54. The number of hydrazine groups is 1. The molecule has 1 heterocycles. The van der Waals surface area contributed by atoms with Crippen LogP contribution in [0, 0.1) is 12.7 Å². The van der Waals surface area contributed by atoms with Crippen LogP contribution in [-0.2, 0) is 0 Å². The van der Waals surface area contributed by atoms with Gasteiger partial charge in [-0.25, -0.2) is 20.2 Å². The van der Waals surface area contributed by atoms with Crippen LogP contribution in [0.5, 0.6) is 0 Å². The number of anilines is 1. The minimum atomic E-state index is -0.544. The number of hydrogen-bond donors (Lipinski definition) is 2. The van der Waals surface area contributed by atoms with Crippen molar-refractivity contribution in [1.82, 2.24) is 9.97 Å². The molecule has 0 aliphatic heterocycles. The van der Waals surface area contributed by atoms with Crippen LogP contribution in [0.4, 0.5) is 10.2 Å². The molecular formula is C11H9Br2FN4. The molecule has 2 aromatic rings. The number of nitrogen functional groups attached to an aromatic ring is 1. The molecule has 2 rings (SSSR count). The van der Waals surface area contributed by atoms with Gasteiger partial charge in [0, 0.05) is 14.5 Å². The largest absolute Gasteiger partial charge is 0.306 e. The van der Waals surface area contributed by atoms with Crippen LogP contribution in [0.25, 0.3) is 11.4 Å². The van der Waals surface area contributed by atoms with Gasteiger partial charge in [0.25, 0.3) is 0 Å². The van der Waals surface area contributed by atoms with E-state index >= 15 is 0 Å². The molecule has 1 aromatic heterocycles. The lowest BCUT2D eigenvalue weighted by atomic mass is 10.2. The van der Waals surface area contributed by atoms with Gasteiger partial charge in [-0.15, -0.1) is 0 Å². The van der Waals surface area contributed by atoms with Gasteiger partial charge < -0.3 is 5.43 Å². The van der Waals surface area contributed by atoms with Gasteiger partial charge in [-0.1, -0.05) is 0 Å². The van der Waals surface area contributed by atoms with E-state index in [0.717, 1.165) is 14.5 Å². The Kier molecular flexibility index (Phi) is 3.94. The van der Waals surface area contributed by atoms with E-state index < -0.39 is 5.82 Å². The molecule has 0 radical (unpaired) electrons. The topological polar surface area (TPSA) is 63.8 Å². The minimum Gasteiger partial charge on any atom is -0.306 e. The second-order valence-electron chi connectivity index (χ2n) is 3.57. The highest BCUT2D eigenvalue weighted by Gasteiger charge is 2.12. The second kappa shape index (κ2) is 5.29. The molecule has 0 bridgehead atoms. The highest BCUT2D eigenvalue weighted by Crippen LogP contribution is 2.28. The SMILES string of the molecule is Cc1nc(-c2ccc(Br)c(Br)c2)nc(NN)c1F. The number of halogens is 3. The van der Waals surface area contributed by atoms with Crippen molar-refractivity contribution in [2.45, 2.75) is 6.92 Å². The Bertz CT molecular complexity index is 604. The maximum Gasteiger partial charge on any atom is 0.187 e. The van der Waals surface area contributed by atoms with E-state index in [1.165, 1.54) is 0 Å². The van der Waals surface area contributed by atoms with Crippen LogP contribution < -0.4 is 11.3 Å². The van der Waals surface area contributed by atoms with Gasteiger partial charge in [0.2, 0.25) is 0 Å². The molecule has 0 spiro atoms. The Balaban J connectivity index is 2.57. The first-order chi connectivity index (χ1) is 8.52. The molecule has 0 amide bonds. The van der Waals surface area contributed by atoms with E-state index in [4.69, 9.17) is 5.84 Å². The van der Waals surface area contributed by atoms with Gasteiger partial charge in [-0.05, 0) is 57.0 Å². The third-order valence-electron chi connectivity index (χ3n) is 2.33. The lowest BCUT2D eigenvalue weighted by Gasteiger charge is -2.08. The zero-order chi connectivity index (χ0) is 13.3. The van der Waals surface area contributed by atoms with Crippen molar-refractivity contribution in [2.24, 2.45) is 5.84 Å². The molecule has 7 heteroatoms.